The molecule has 130 valence electrons. The zero-order valence-corrected chi connectivity index (χ0v) is 15.8. The SMILES string of the molecule is CCCC(C)NC(=O)CSc1nccn1-c1ccc(C(C)C)cc1. The van der Waals surface area contributed by atoms with Gasteiger partial charge in [0.1, 0.15) is 0 Å². The molecule has 0 radical (unpaired) electrons. The number of aromatic nitrogens is 2. The molecular formula is C19H27N3OS. The van der Waals surface area contributed by atoms with E-state index in [1.165, 1.54) is 17.3 Å². The van der Waals surface area contributed by atoms with Gasteiger partial charge in [-0.25, -0.2) is 4.98 Å². The van der Waals surface area contributed by atoms with Crippen molar-refractivity contribution in [2.24, 2.45) is 0 Å². The normalized spacial score (nSPS) is 12.4. The van der Waals surface area contributed by atoms with Gasteiger partial charge in [-0.15, -0.1) is 0 Å². The van der Waals surface area contributed by atoms with E-state index in [4.69, 9.17) is 0 Å². The van der Waals surface area contributed by atoms with E-state index in [0.29, 0.717) is 11.7 Å². The highest BCUT2D eigenvalue weighted by atomic mass is 32.2. The van der Waals surface area contributed by atoms with Gasteiger partial charge in [0.2, 0.25) is 5.91 Å². The number of nitrogens with one attached hydrogen (secondary N) is 1. The molecule has 1 unspecified atom stereocenters. The highest BCUT2D eigenvalue weighted by Gasteiger charge is 2.11. The van der Waals surface area contributed by atoms with E-state index in [-0.39, 0.29) is 11.9 Å². The largest absolute Gasteiger partial charge is 0.353 e. The molecule has 0 saturated heterocycles. The van der Waals surface area contributed by atoms with E-state index in [1.54, 1.807) is 6.20 Å². The minimum atomic E-state index is 0.0608. The first-order valence-corrected chi connectivity index (χ1v) is 9.55. The Hall–Kier alpha value is -1.75. The molecule has 0 fully saturated rings. The first kappa shape index (κ1) is 18.6. The van der Waals surface area contributed by atoms with Gasteiger partial charge in [-0.2, -0.15) is 0 Å². The number of nitrogens with zero attached hydrogens (tertiary/aromatic N) is 2. The average molecular weight is 346 g/mol. The fraction of sp³-hybridized carbons (Fsp3) is 0.474. The van der Waals surface area contributed by atoms with Crippen LogP contribution in [-0.2, 0) is 4.79 Å². The second kappa shape index (κ2) is 8.92. The van der Waals surface area contributed by atoms with E-state index in [2.05, 4.69) is 55.3 Å². The summed E-state index contributed by atoms with van der Waals surface area (Å²) in [5, 5.41) is 3.86. The third kappa shape index (κ3) is 5.13. The molecule has 5 heteroatoms. The maximum atomic E-state index is 12.0. The van der Waals surface area contributed by atoms with Crippen molar-refractivity contribution in [3.8, 4) is 5.69 Å². The molecule has 1 amide bonds. The first-order valence-electron chi connectivity index (χ1n) is 8.57. The zero-order chi connectivity index (χ0) is 17.5. The average Bonchev–Trinajstić information content (AvgIpc) is 3.01. The van der Waals surface area contributed by atoms with Crippen LogP contribution >= 0.6 is 11.8 Å². The number of hydrogen-bond donors (Lipinski definition) is 1. The number of carbonyl (C=O) groups excluding carboxylic acids is 1. The zero-order valence-electron chi connectivity index (χ0n) is 15.0. The van der Waals surface area contributed by atoms with Crippen LogP contribution in [0.4, 0.5) is 0 Å². The Bertz CT molecular complexity index is 649. The highest BCUT2D eigenvalue weighted by Crippen LogP contribution is 2.22. The lowest BCUT2D eigenvalue weighted by atomic mass is 10.0. The number of hydrogen-bond acceptors (Lipinski definition) is 3. The summed E-state index contributed by atoms with van der Waals surface area (Å²) in [6.07, 6.45) is 5.79. The molecule has 1 N–H and O–H groups in total. The molecule has 24 heavy (non-hydrogen) atoms. The van der Waals surface area contributed by atoms with Crippen molar-refractivity contribution in [1.82, 2.24) is 14.9 Å². The van der Waals surface area contributed by atoms with Crippen LogP contribution in [0.1, 0.15) is 52.0 Å². The van der Waals surface area contributed by atoms with Crippen LogP contribution in [-0.4, -0.2) is 27.3 Å². The number of amides is 1. The van der Waals surface area contributed by atoms with Crippen molar-refractivity contribution in [2.45, 2.75) is 57.7 Å². The van der Waals surface area contributed by atoms with E-state index < -0.39 is 0 Å². The maximum Gasteiger partial charge on any atom is 0.230 e. The predicted molar refractivity (Wildman–Crippen MR) is 101 cm³/mol. The second-order valence-electron chi connectivity index (χ2n) is 6.37. The van der Waals surface area contributed by atoms with Gasteiger partial charge in [-0.3, -0.25) is 9.36 Å². The van der Waals surface area contributed by atoms with Crippen molar-refractivity contribution in [2.75, 3.05) is 5.75 Å². The molecule has 2 rings (SSSR count). The first-order chi connectivity index (χ1) is 11.5. The number of carbonyl (C=O) groups is 1. The Labute approximate surface area is 149 Å². The molecule has 2 aromatic rings. The summed E-state index contributed by atoms with van der Waals surface area (Å²) in [4.78, 5) is 16.4. The number of thioether (sulfide) groups is 1. The van der Waals surface area contributed by atoms with Crippen molar-refractivity contribution < 1.29 is 4.79 Å². The monoisotopic (exact) mass is 345 g/mol. The molecule has 0 aliphatic heterocycles. The Morgan fingerprint density at radius 3 is 2.58 bits per heavy atom. The predicted octanol–water partition coefficient (Wildman–Crippen LogP) is 4.39. The lowest BCUT2D eigenvalue weighted by molar-refractivity contribution is -0.119. The van der Waals surface area contributed by atoms with Crippen LogP contribution in [0, 0.1) is 0 Å². The summed E-state index contributed by atoms with van der Waals surface area (Å²) in [5.74, 6) is 0.963. The van der Waals surface area contributed by atoms with Crippen LogP contribution in [0.25, 0.3) is 5.69 Å². The molecule has 4 nitrogen and oxygen atoms in total. The van der Waals surface area contributed by atoms with Gasteiger partial charge < -0.3 is 5.32 Å². The smallest absolute Gasteiger partial charge is 0.230 e. The highest BCUT2D eigenvalue weighted by molar-refractivity contribution is 7.99. The molecule has 0 bridgehead atoms. The Morgan fingerprint density at radius 1 is 1.25 bits per heavy atom. The van der Waals surface area contributed by atoms with Crippen LogP contribution in [0.2, 0.25) is 0 Å². The summed E-state index contributed by atoms with van der Waals surface area (Å²) in [7, 11) is 0. The van der Waals surface area contributed by atoms with E-state index in [0.717, 1.165) is 23.7 Å². The third-order valence-corrected chi connectivity index (χ3v) is 4.87. The van der Waals surface area contributed by atoms with Crippen molar-refractivity contribution >= 4 is 17.7 Å². The van der Waals surface area contributed by atoms with Crippen LogP contribution in [0.3, 0.4) is 0 Å². The lowest BCUT2D eigenvalue weighted by Gasteiger charge is -2.13. The molecule has 1 aromatic carbocycles. The molecule has 0 aliphatic carbocycles. The summed E-state index contributed by atoms with van der Waals surface area (Å²) in [6.45, 7) is 8.54. The van der Waals surface area contributed by atoms with Gasteiger partial charge in [0.05, 0.1) is 5.75 Å². The summed E-state index contributed by atoms with van der Waals surface area (Å²) >= 11 is 1.47. The van der Waals surface area contributed by atoms with Gasteiger partial charge in [0, 0.05) is 24.1 Å². The number of benzene rings is 1. The van der Waals surface area contributed by atoms with Gasteiger partial charge in [0.15, 0.2) is 5.16 Å². The lowest BCUT2D eigenvalue weighted by Crippen LogP contribution is -2.33. The van der Waals surface area contributed by atoms with Gasteiger partial charge in [-0.1, -0.05) is 51.1 Å². The van der Waals surface area contributed by atoms with Crippen molar-refractivity contribution in [3.63, 3.8) is 0 Å². The van der Waals surface area contributed by atoms with Crippen molar-refractivity contribution in [1.29, 1.82) is 0 Å². The third-order valence-electron chi connectivity index (χ3n) is 3.91. The molecular weight excluding hydrogens is 318 g/mol. The standard InChI is InChI=1S/C19H27N3OS/c1-5-6-15(4)21-18(23)13-24-19-20-11-12-22(19)17-9-7-16(8-10-17)14(2)3/h7-12,14-15H,5-6,13H2,1-4H3,(H,21,23). The minimum Gasteiger partial charge on any atom is -0.353 e. The van der Waals surface area contributed by atoms with Crippen LogP contribution in [0.15, 0.2) is 41.8 Å². The molecule has 0 aliphatic rings. The van der Waals surface area contributed by atoms with E-state index in [1.807, 2.05) is 17.7 Å². The Morgan fingerprint density at radius 2 is 1.96 bits per heavy atom. The second-order valence-corrected chi connectivity index (χ2v) is 7.31. The van der Waals surface area contributed by atoms with Crippen LogP contribution in [0.5, 0.6) is 0 Å². The van der Waals surface area contributed by atoms with Gasteiger partial charge >= 0.3 is 0 Å². The number of rotatable bonds is 8. The Kier molecular flexibility index (Phi) is 6.91. The van der Waals surface area contributed by atoms with Gasteiger partial charge in [0.25, 0.3) is 0 Å². The Balaban J connectivity index is 1.99. The maximum absolute atomic E-state index is 12.0. The summed E-state index contributed by atoms with van der Waals surface area (Å²) < 4.78 is 2.03. The topological polar surface area (TPSA) is 46.9 Å². The quantitative estimate of drug-likeness (QED) is 0.722. The molecule has 1 aromatic heterocycles. The van der Waals surface area contributed by atoms with Crippen LogP contribution < -0.4 is 5.32 Å². The molecule has 1 atom stereocenters. The fourth-order valence-electron chi connectivity index (χ4n) is 2.56. The van der Waals surface area contributed by atoms with Gasteiger partial charge in [-0.05, 0) is 37.0 Å². The minimum absolute atomic E-state index is 0.0608. The molecule has 0 saturated carbocycles. The molecule has 0 spiro atoms. The summed E-state index contributed by atoms with van der Waals surface area (Å²) in [6, 6.07) is 8.72. The number of imidazole rings is 1. The van der Waals surface area contributed by atoms with E-state index >= 15 is 0 Å². The van der Waals surface area contributed by atoms with Crippen molar-refractivity contribution in [3.05, 3.63) is 42.2 Å². The van der Waals surface area contributed by atoms with E-state index in [9.17, 15) is 4.79 Å². The molecule has 1 heterocycles. The fourth-order valence-corrected chi connectivity index (χ4v) is 3.35. The summed E-state index contributed by atoms with van der Waals surface area (Å²) in [5.41, 5.74) is 2.39.